The van der Waals surface area contributed by atoms with Crippen molar-refractivity contribution in [3.8, 4) is 5.75 Å². The molecule has 0 radical (unpaired) electrons. The Hall–Kier alpha value is -2.41. The molecule has 1 aromatic carbocycles. The first kappa shape index (κ1) is 17.4. The molecule has 3 rings (SSSR count). The Morgan fingerprint density at radius 3 is 3.08 bits per heavy atom. The van der Waals surface area contributed by atoms with Crippen LogP contribution in [0.2, 0.25) is 0 Å². The molecule has 1 aliphatic heterocycles. The fourth-order valence-electron chi connectivity index (χ4n) is 2.96. The van der Waals surface area contributed by atoms with Gasteiger partial charge in [-0.3, -0.25) is 4.79 Å². The number of rotatable bonds is 6. The van der Waals surface area contributed by atoms with Crippen molar-refractivity contribution in [3.63, 3.8) is 0 Å². The molecule has 0 spiro atoms. The van der Waals surface area contributed by atoms with Crippen LogP contribution < -0.4 is 10.1 Å². The van der Waals surface area contributed by atoms with Gasteiger partial charge in [-0.15, -0.1) is 10.2 Å². The summed E-state index contributed by atoms with van der Waals surface area (Å²) < 4.78 is 13.0. The number of hydrogen-bond donors (Lipinski definition) is 1. The van der Waals surface area contributed by atoms with E-state index in [0.717, 1.165) is 35.8 Å². The van der Waals surface area contributed by atoms with Crippen LogP contribution in [0.25, 0.3) is 0 Å². The number of nitrogens with zero attached hydrogens (tertiary/aromatic N) is 3. The quantitative estimate of drug-likeness (QED) is 0.862. The van der Waals surface area contributed by atoms with Gasteiger partial charge in [0, 0.05) is 19.0 Å². The number of nitrogens with one attached hydrogen (secondary N) is 1. The minimum absolute atomic E-state index is 0.0811. The molecule has 7 heteroatoms. The Morgan fingerprint density at radius 2 is 2.28 bits per heavy atom. The van der Waals surface area contributed by atoms with Crippen LogP contribution in [0.5, 0.6) is 5.75 Å². The molecule has 134 valence electrons. The maximum atomic E-state index is 12.4. The number of ether oxygens (including phenoxy) is 2. The molecule has 2 atom stereocenters. The van der Waals surface area contributed by atoms with Gasteiger partial charge < -0.3 is 19.4 Å². The molecular weight excluding hydrogens is 320 g/mol. The van der Waals surface area contributed by atoms with Gasteiger partial charge in [0.2, 0.25) is 5.91 Å². The van der Waals surface area contributed by atoms with E-state index in [9.17, 15) is 4.79 Å². The van der Waals surface area contributed by atoms with E-state index in [1.807, 2.05) is 31.2 Å². The molecule has 0 saturated carbocycles. The first-order valence-electron chi connectivity index (χ1n) is 8.50. The highest BCUT2D eigenvalue weighted by atomic mass is 16.5. The molecule has 0 bridgehead atoms. The summed E-state index contributed by atoms with van der Waals surface area (Å²) in [6.45, 7) is 4.78. The fraction of sp³-hybridized carbons (Fsp3) is 0.500. The van der Waals surface area contributed by atoms with Gasteiger partial charge >= 0.3 is 0 Å². The summed E-state index contributed by atoms with van der Waals surface area (Å²) in [4.78, 5) is 12.4. The molecular formula is C18H24N4O3. The van der Waals surface area contributed by atoms with Gasteiger partial charge in [-0.2, -0.15) is 0 Å². The number of fused-ring (bicyclic) bond motifs is 1. The number of aromatic nitrogens is 3. The second kappa shape index (κ2) is 7.65. The van der Waals surface area contributed by atoms with E-state index >= 15 is 0 Å². The Balaban J connectivity index is 1.50. The highest BCUT2D eigenvalue weighted by molar-refractivity contribution is 5.80. The van der Waals surface area contributed by atoms with Gasteiger partial charge in [-0.25, -0.2) is 0 Å². The average Bonchev–Trinajstić information content (AvgIpc) is 3.00. The molecule has 1 aliphatic rings. The highest BCUT2D eigenvalue weighted by Gasteiger charge is 2.24. The minimum Gasteiger partial charge on any atom is -0.497 e. The Labute approximate surface area is 147 Å². The number of amides is 1. The molecule has 2 aromatic rings. The lowest BCUT2D eigenvalue weighted by Crippen LogP contribution is -2.45. The van der Waals surface area contributed by atoms with Crippen LogP contribution in [-0.2, 0) is 29.1 Å². The molecule has 2 heterocycles. The standard InChI is InChI=1S/C18H24N4O3/c1-12(25-11-14-5-4-6-16(9-14)24-3)18(23)19-15-7-8-17-21-20-13(2)22(17)10-15/h4-6,9,12,15H,7-8,10-11H2,1-3H3,(H,19,23)/t12-,15+/m0/s1. The SMILES string of the molecule is COc1cccc(CO[C@@H](C)C(=O)N[C@@H]2CCc3nnc(C)n3C2)c1. The summed E-state index contributed by atoms with van der Waals surface area (Å²) in [5.41, 5.74) is 0.974. The van der Waals surface area contributed by atoms with Crippen LogP contribution in [-0.4, -0.2) is 39.9 Å². The molecule has 25 heavy (non-hydrogen) atoms. The topological polar surface area (TPSA) is 78.3 Å². The third-order valence-corrected chi connectivity index (χ3v) is 4.48. The molecule has 0 saturated heterocycles. The lowest BCUT2D eigenvalue weighted by Gasteiger charge is -2.26. The van der Waals surface area contributed by atoms with Crippen LogP contribution in [0.3, 0.4) is 0 Å². The lowest BCUT2D eigenvalue weighted by molar-refractivity contribution is -0.133. The highest BCUT2D eigenvalue weighted by Crippen LogP contribution is 2.16. The summed E-state index contributed by atoms with van der Waals surface area (Å²) in [5.74, 6) is 2.56. The zero-order valence-electron chi connectivity index (χ0n) is 14.9. The normalized spacial score (nSPS) is 17.6. The zero-order chi connectivity index (χ0) is 17.8. The van der Waals surface area contributed by atoms with Crippen molar-refractivity contribution in [1.82, 2.24) is 20.1 Å². The average molecular weight is 344 g/mol. The molecule has 7 nitrogen and oxygen atoms in total. The smallest absolute Gasteiger partial charge is 0.249 e. The van der Waals surface area contributed by atoms with Crippen molar-refractivity contribution in [2.45, 2.75) is 52.0 Å². The Bertz CT molecular complexity index is 744. The predicted octanol–water partition coefficient (Wildman–Crippen LogP) is 1.63. The first-order chi connectivity index (χ1) is 12.1. The third kappa shape index (κ3) is 4.17. The molecule has 1 N–H and O–H groups in total. The summed E-state index contributed by atoms with van der Waals surface area (Å²) in [6, 6.07) is 7.72. The maximum absolute atomic E-state index is 12.4. The van der Waals surface area contributed by atoms with E-state index in [0.29, 0.717) is 13.2 Å². The molecule has 0 aliphatic carbocycles. The Kier molecular flexibility index (Phi) is 5.33. The van der Waals surface area contributed by atoms with E-state index in [4.69, 9.17) is 9.47 Å². The van der Waals surface area contributed by atoms with Crippen molar-refractivity contribution in [3.05, 3.63) is 41.5 Å². The monoisotopic (exact) mass is 344 g/mol. The number of hydrogen-bond acceptors (Lipinski definition) is 5. The van der Waals surface area contributed by atoms with Crippen LogP contribution in [0.1, 0.15) is 30.6 Å². The number of benzene rings is 1. The number of carbonyl (C=O) groups is 1. The summed E-state index contributed by atoms with van der Waals surface area (Å²) in [7, 11) is 1.63. The van der Waals surface area contributed by atoms with Gasteiger partial charge in [0.15, 0.2) is 0 Å². The van der Waals surface area contributed by atoms with Crippen LogP contribution in [0, 0.1) is 6.92 Å². The van der Waals surface area contributed by atoms with E-state index in [1.54, 1.807) is 14.0 Å². The second-order valence-electron chi connectivity index (χ2n) is 6.32. The number of methoxy groups -OCH3 is 1. The summed E-state index contributed by atoms with van der Waals surface area (Å²) in [5, 5.41) is 11.3. The maximum Gasteiger partial charge on any atom is 0.249 e. The third-order valence-electron chi connectivity index (χ3n) is 4.48. The second-order valence-corrected chi connectivity index (χ2v) is 6.32. The van der Waals surface area contributed by atoms with Gasteiger partial charge in [0.25, 0.3) is 0 Å². The van der Waals surface area contributed by atoms with Crippen molar-refractivity contribution in [2.75, 3.05) is 7.11 Å². The van der Waals surface area contributed by atoms with E-state index in [1.165, 1.54) is 0 Å². The molecule has 1 amide bonds. The van der Waals surface area contributed by atoms with Gasteiger partial charge in [-0.1, -0.05) is 12.1 Å². The Morgan fingerprint density at radius 1 is 1.44 bits per heavy atom. The molecule has 1 aromatic heterocycles. The van der Waals surface area contributed by atoms with Gasteiger partial charge in [0.05, 0.1) is 13.7 Å². The van der Waals surface area contributed by atoms with E-state index in [2.05, 4.69) is 20.1 Å². The zero-order valence-corrected chi connectivity index (χ0v) is 14.9. The van der Waals surface area contributed by atoms with Crippen LogP contribution in [0.4, 0.5) is 0 Å². The molecule has 0 unspecified atom stereocenters. The first-order valence-corrected chi connectivity index (χ1v) is 8.50. The fourth-order valence-corrected chi connectivity index (χ4v) is 2.96. The van der Waals surface area contributed by atoms with Crippen LogP contribution >= 0.6 is 0 Å². The van der Waals surface area contributed by atoms with E-state index in [-0.39, 0.29) is 11.9 Å². The van der Waals surface area contributed by atoms with Crippen LogP contribution in [0.15, 0.2) is 24.3 Å². The summed E-state index contributed by atoms with van der Waals surface area (Å²) >= 11 is 0. The number of aryl methyl sites for hydroxylation is 2. The van der Waals surface area contributed by atoms with Gasteiger partial charge in [-0.05, 0) is 38.0 Å². The minimum atomic E-state index is -0.519. The summed E-state index contributed by atoms with van der Waals surface area (Å²) in [6.07, 6.45) is 1.17. The van der Waals surface area contributed by atoms with Crippen molar-refractivity contribution in [1.29, 1.82) is 0 Å². The van der Waals surface area contributed by atoms with Crippen molar-refractivity contribution < 1.29 is 14.3 Å². The van der Waals surface area contributed by atoms with Crippen molar-refractivity contribution in [2.24, 2.45) is 0 Å². The molecule has 0 fully saturated rings. The van der Waals surface area contributed by atoms with Crippen molar-refractivity contribution >= 4 is 5.91 Å². The van der Waals surface area contributed by atoms with E-state index < -0.39 is 6.10 Å². The predicted molar refractivity (Wildman–Crippen MR) is 92.3 cm³/mol. The number of carbonyl (C=O) groups excluding carboxylic acids is 1. The lowest BCUT2D eigenvalue weighted by atomic mass is 10.1. The van der Waals surface area contributed by atoms with Gasteiger partial charge in [0.1, 0.15) is 23.5 Å². The largest absolute Gasteiger partial charge is 0.497 e.